The van der Waals surface area contributed by atoms with Gasteiger partial charge in [-0.2, -0.15) is 0 Å². The van der Waals surface area contributed by atoms with E-state index in [4.69, 9.17) is 27.9 Å². The summed E-state index contributed by atoms with van der Waals surface area (Å²) in [6.45, 7) is 0.535. The van der Waals surface area contributed by atoms with Crippen molar-refractivity contribution in [3.63, 3.8) is 0 Å². The Kier molecular flexibility index (Phi) is 4.86. The van der Waals surface area contributed by atoms with E-state index in [9.17, 15) is 14.4 Å². The molecule has 2 aliphatic heterocycles. The first-order valence-electron chi connectivity index (χ1n) is 8.83. The molecular formula is C19H18Cl2N2O4. The van der Waals surface area contributed by atoms with Gasteiger partial charge in [0.2, 0.25) is 11.8 Å². The first-order valence-corrected chi connectivity index (χ1v) is 9.59. The number of hydrogen-bond donors (Lipinski definition) is 0. The SMILES string of the molecule is O=C(COc1ccc(Cl)cc1Cl)N1CC(N2C(=O)[C@@H]3CC=CC[C@H]3C2=O)C1. The van der Waals surface area contributed by atoms with Crippen LogP contribution in [0.1, 0.15) is 12.8 Å². The van der Waals surface area contributed by atoms with E-state index in [1.807, 2.05) is 12.2 Å². The van der Waals surface area contributed by atoms with Crippen molar-refractivity contribution in [3.05, 3.63) is 40.4 Å². The molecule has 0 aromatic heterocycles. The van der Waals surface area contributed by atoms with Crippen LogP contribution in [0.4, 0.5) is 0 Å². The number of amides is 3. The Morgan fingerprint density at radius 1 is 1.07 bits per heavy atom. The van der Waals surface area contributed by atoms with Crippen molar-refractivity contribution < 1.29 is 19.1 Å². The number of carbonyl (C=O) groups is 3. The molecule has 27 heavy (non-hydrogen) atoms. The summed E-state index contributed by atoms with van der Waals surface area (Å²) in [6.07, 6.45) is 5.17. The molecule has 0 spiro atoms. The van der Waals surface area contributed by atoms with Gasteiger partial charge in [0.05, 0.1) is 22.9 Å². The number of halogens is 2. The molecule has 1 aliphatic carbocycles. The third-order valence-electron chi connectivity index (χ3n) is 5.37. The number of hydrogen-bond acceptors (Lipinski definition) is 4. The minimum atomic E-state index is -0.237. The molecule has 6 nitrogen and oxygen atoms in total. The number of ether oxygens (including phenoxy) is 1. The summed E-state index contributed by atoms with van der Waals surface area (Å²) in [7, 11) is 0. The van der Waals surface area contributed by atoms with Gasteiger partial charge in [-0.05, 0) is 31.0 Å². The van der Waals surface area contributed by atoms with E-state index in [-0.39, 0.29) is 42.2 Å². The van der Waals surface area contributed by atoms with E-state index >= 15 is 0 Å². The van der Waals surface area contributed by atoms with Crippen LogP contribution in [0, 0.1) is 11.8 Å². The van der Waals surface area contributed by atoms with E-state index < -0.39 is 0 Å². The zero-order chi connectivity index (χ0) is 19.1. The molecule has 2 fully saturated rings. The Hall–Kier alpha value is -2.05. The Morgan fingerprint density at radius 3 is 2.30 bits per heavy atom. The molecule has 4 rings (SSSR count). The Balaban J connectivity index is 1.31. The molecule has 2 atom stereocenters. The molecule has 0 saturated carbocycles. The van der Waals surface area contributed by atoms with Gasteiger partial charge in [-0.25, -0.2) is 0 Å². The molecule has 8 heteroatoms. The van der Waals surface area contributed by atoms with Crippen LogP contribution in [0.2, 0.25) is 10.0 Å². The Bertz CT molecular complexity index is 809. The lowest BCUT2D eigenvalue weighted by molar-refractivity contribution is -0.153. The Morgan fingerprint density at radius 2 is 1.70 bits per heavy atom. The van der Waals surface area contributed by atoms with Crippen LogP contribution in [0.5, 0.6) is 5.75 Å². The number of allylic oxidation sites excluding steroid dienone is 2. The van der Waals surface area contributed by atoms with Crippen molar-refractivity contribution >= 4 is 40.9 Å². The Labute approximate surface area is 166 Å². The predicted molar refractivity (Wildman–Crippen MR) is 99.5 cm³/mol. The third kappa shape index (κ3) is 3.32. The van der Waals surface area contributed by atoms with Crippen molar-refractivity contribution in [2.24, 2.45) is 11.8 Å². The number of rotatable bonds is 4. The zero-order valence-corrected chi connectivity index (χ0v) is 15.9. The van der Waals surface area contributed by atoms with Gasteiger partial charge in [-0.15, -0.1) is 0 Å². The lowest BCUT2D eigenvalue weighted by Crippen LogP contribution is -2.63. The number of benzene rings is 1. The van der Waals surface area contributed by atoms with Crippen LogP contribution >= 0.6 is 23.2 Å². The van der Waals surface area contributed by atoms with Gasteiger partial charge < -0.3 is 9.64 Å². The number of imide groups is 1. The van der Waals surface area contributed by atoms with Crippen molar-refractivity contribution in [2.75, 3.05) is 19.7 Å². The lowest BCUT2D eigenvalue weighted by Gasteiger charge is -2.43. The van der Waals surface area contributed by atoms with E-state index in [0.717, 1.165) is 0 Å². The lowest BCUT2D eigenvalue weighted by atomic mass is 9.85. The van der Waals surface area contributed by atoms with Crippen molar-refractivity contribution in [1.29, 1.82) is 0 Å². The third-order valence-corrected chi connectivity index (χ3v) is 5.90. The highest BCUT2D eigenvalue weighted by Crippen LogP contribution is 2.37. The first kappa shape index (κ1) is 18.3. The molecule has 2 saturated heterocycles. The van der Waals surface area contributed by atoms with Crippen molar-refractivity contribution in [1.82, 2.24) is 9.80 Å². The smallest absolute Gasteiger partial charge is 0.260 e. The second kappa shape index (κ2) is 7.17. The van der Waals surface area contributed by atoms with Gasteiger partial charge >= 0.3 is 0 Å². The highest BCUT2D eigenvalue weighted by atomic mass is 35.5. The van der Waals surface area contributed by atoms with Crippen LogP contribution in [0.3, 0.4) is 0 Å². The molecule has 0 N–H and O–H groups in total. The number of nitrogens with zero attached hydrogens (tertiary/aromatic N) is 2. The number of likely N-dealkylation sites (tertiary alicyclic amines) is 2. The van der Waals surface area contributed by atoms with Crippen LogP contribution < -0.4 is 4.74 Å². The van der Waals surface area contributed by atoms with E-state index in [1.54, 1.807) is 23.1 Å². The van der Waals surface area contributed by atoms with E-state index in [1.165, 1.54) is 4.90 Å². The van der Waals surface area contributed by atoms with Crippen molar-refractivity contribution in [3.8, 4) is 5.75 Å². The summed E-state index contributed by atoms with van der Waals surface area (Å²) in [5.74, 6) is -0.500. The molecule has 142 valence electrons. The standard InChI is InChI=1S/C19H18Cl2N2O4/c20-11-5-6-16(15(21)7-11)27-10-17(24)22-8-12(9-22)23-18(25)13-3-1-2-4-14(13)19(23)26/h1-2,5-7,12-14H,3-4,8-10H2/t13-,14-/m1/s1. The van der Waals surface area contributed by atoms with Gasteiger partial charge in [0, 0.05) is 18.1 Å². The van der Waals surface area contributed by atoms with E-state index in [2.05, 4.69) is 0 Å². The maximum Gasteiger partial charge on any atom is 0.260 e. The summed E-state index contributed by atoms with van der Waals surface area (Å²) in [5.41, 5.74) is 0. The molecule has 2 heterocycles. The van der Waals surface area contributed by atoms with Crippen LogP contribution in [-0.2, 0) is 14.4 Å². The first-order chi connectivity index (χ1) is 13.0. The second-order valence-electron chi connectivity index (χ2n) is 7.02. The molecule has 3 amide bonds. The fourth-order valence-electron chi connectivity index (χ4n) is 3.83. The maximum absolute atomic E-state index is 12.6. The minimum absolute atomic E-state index is 0.101. The number of carbonyl (C=O) groups excluding carboxylic acids is 3. The van der Waals surface area contributed by atoms with Gasteiger partial charge in [-0.3, -0.25) is 19.3 Å². The molecular weight excluding hydrogens is 391 g/mol. The molecule has 0 radical (unpaired) electrons. The summed E-state index contributed by atoms with van der Waals surface area (Å²) < 4.78 is 5.45. The van der Waals surface area contributed by atoms with Crippen LogP contribution in [-0.4, -0.2) is 53.3 Å². The summed E-state index contributed by atoms with van der Waals surface area (Å²) >= 11 is 11.9. The summed E-state index contributed by atoms with van der Waals surface area (Å²) in [5, 5.41) is 0.821. The van der Waals surface area contributed by atoms with E-state index in [0.29, 0.717) is 41.7 Å². The van der Waals surface area contributed by atoms with Gasteiger partial charge in [0.1, 0.15) is 5.75 Å². The van der Waals surface area contributed by atoms with Gasteiger partial charge in [0.15, 0.2) is 6.61 Å². The summed E-state index contributed by atoms with van der Waals surface area (Å²) in [6, 6.07) is 4.54. The molecule has 0 unspecified atom stereocenters. The molecule has 0 bridgehead atoms. The van der Waals surface area contributed by atoms with Crippen LogP contribution in [0.15, 0.2) is 30.4 Å². The van der Waals surface area contributed by atoms with Gasteiger partial charge in [0.25, 0.3) is 5.91 Å². The molecule has 1 aromatic carbocycles. The highest BCUT2D eigenvalue weighted by molar-refractivity contribution is 6.35. The normalized spacial score (nSPS) is 24.8. The maximum atomic E-state index is 12.6. The highest BCUT2D eigenvalue weighted by Gasteiger charge is 2.52. The average Bonchev–Trinajstić information content (AvgIpc) is 2.85. The fraction of sp³-hybridized carbons (Fsp3) is 0.421. The topological polar surface area (TPSA) is 66.9 Å². The molecule has 3 aliphatic rings. The largest absolute Gasteiger partial charge is 0.482 e. The fourth-order valence-corrected chi connectivity index (χ4v) is 4.29. The summed E-state index contributed by atoms with van der Waals surface area (Å²) in [4.78, 5) is 40.3. The minimum Gasteiger partial charge on any atom is -0.482 e. The monoisotopic (exact) mass is 408 g/mol. The quantitative estimate of drug-likeness (QED) is 0.566. The predicted octanol–water partition coefficient (Wildman–Crippen LogP) is 2.53. The average molecular weight is 409 g/mol. The van der Waals surface area contributed by atoms with Crippen LogP contribution in [0.25, 0.3) is 0 Å². The number of fused-ring (bicyclic) bond motifs is 1. The zero-order valence-electron chi connectivity index (χ0n) is 14.4. The van der Waals surface area contributed by atoms with Gasteiger partial charge in [-0.1, -0.05) is 35.4 Å². The molecule has 1 aromatic rings. The van der Waals surface area contributed by atoms with Crippen molar-refractivity contribution in [2.45, 2.75) is 18.9 Å². The second-order valence-corrected chi connectivity index (χ2v) is 7.86.